The second-order valence-corrected chi connectivity index (χ2v) is 20.3. The number of ether oxygens (including phenoxy) is 2. The maximum Gasteiger partial charge on any atom is 0.178 e. The minimum Gasteiger partial charge on any atom is -0.449 e. The summed E-state index contributed by atoms with van der Waals surface area (Å²) >= 11 is 0. The van der Waals surface area contributed by atoms with Crippen molar-refractivity contribution >= 4 is 61.5 Å². The van der Waals surface area contributed by atoms with E-state index in [9.17, 15) is 0 Å². The van der Waals surface area contributed by atoms with Gasteiger partial charge in [-0.2, -0.15) is 0 Å². The van der Waals surface area contributed by atoms with E-state index in [0.29, 0.717) is 0 Å². The predicted octanol–water partition coefficient (Wildman–Crippen LogP) is 14.0. The molecule has 2 aliphatic rings. The fourth-order valence-corrected chi connectivity index (χ4v) is 12.9. The van der Waals surface area contributed by atoms with Crippen molar-refractivity contribution in [1.29, 1.82) is 0 Å². The second-order valence-electron chi connectivity index (χ2n) is 16.0. The van der Waals surface area contributed by atoms with E-state index < -0.39 is 8.07 Å². The maximum absolute atomic E-state index is 6.73. The van der Waals surface area contributed by atoms with E-state index in [1.807, 2.05) is 6.07 Å². The standard InChI is InChI=1S/C54H36O2Si/c1-57(2)49-22-12-11-15-39(49)40-29-27-36(32-50(40)57)52-43-18-7-5-16-41(43)51(42-17-6-8-19-44(42)52)34-25-23-33(24-26-34)35-28-30-47-48(31-35)56-54-46-21-10-4-14-38(46)37-13-3-9-20-45(37)53(54)55-47/h3-32H,1-2H3. The van der Waals surface area contributed by atoms with Crippen LogP contribution in [0, 0.1) is 0 Å². The summed E-state index contributed by atoms with van der Waals surface area (Å²) in [5.74, 6) is 2.98. The average Bonchev–Trinajstić information content (AvgIpc) is 3.50. The van der Waals surface area contributed by atoms with Crippen LogP contribution in [0.4, 0.5) is 0 Å². The van der Waals surface area contributed by atoms with E-state index in [2.05, 4.69) is 189 Å². The Kier molecular flexibility index (Phi) is 6.82. The molecule has 0 amide bonds. The van der Waals surface area contributed by atoms with Crippen molar-refractivity contribution in [2.24, 2.45) is 0 Å². The number of hydrogen-bond acceptors (Lipinski definition) is 2. The maximum atomic E-state index is 6.73. The van der Waals surface area contributed by atoms with Crippen molar-refractivity contribution in [3.8, 4) is 67.5 Å². The zero-order chi connectivity index (χ0) is 37.8. The highest BCUT2D eigenvalue weighted by Gasteiger charge is 2.37. The SMILES string of the molecule is C[Si]1(C)c2ccccc2-c2ccc(-c3c4ccccc4c(-c4ccc(-c5ccc6c(c5)Oc5c(c7ccccc7c7ccccc57)O6)cc4)c4ccccc34)cc21. The Hall–Kier alpha value is -6.94. The monoisotopic (exact) mass is 744 g/mol. The third-order valence-electron chi connectivity index (χ3n) is 12.5. The lowest BCUT2D eigenvalue weighted by molar-refractivity contribution is 0.367. The molecule has 57 heavy (non-hydrogen) atoms. The molecule has 0 saturated carbocycles. The Balaban J connectivity index is 0.951. The lowest BCUT2D eigenvalue weighted by Crippen LogP contribution is -2.49. The van der Waals surface area contributed by atoms with Crippen molar-refractivity contribution < 1.29 is 9.47 Å². The normalized spacial score (nSPS) is 13.5. The molecule has 0 saturated heterocycles. The molecule has 0 atom stereocenters. The van der Waals surface area contributed by atoms with E-state index in [4.69, 9.17) is 9.47 Å². The first-order chi connectivity index (χ1) is 28.0. The molecule has 0 bridgehead atoms. The molecule has 0 spiro atoms. The van der Waals surface area contributed by atoms with E-state index in [-0.39, 0.29) is 0 Å². The van der Waals surface area contributed by atoms with Crippen molar-refractivity contribution in [2.75, 3.05) is 0 Å². The molecule has 0 fully saturated rings. The minimum absolute atomic E-state index is 0.721. The van der Waals surface area contributed by atoms with Crippen LogP contribution in [0.2, 0.25) is 13.1 Å². The molecular formula is C54H36O2Si. The Bertz CT molecular complexity index is 3270. The first-order valence-corrected chi connectivity index (χ1v) is 22.8. The van der Waals surface area contributed by atoms with E-state index >= 15 is 0 Å². The van der Waals surface area contributed by atoms with Crippen molar-refractivity contribution in [2.45, 2.75) is 13.1 Å². The van der Waals surface area contributed by atoms with Gasteiger partial charge in [0.2, 0.25) is 0 Å². The van der Waals surface area contributed by atoms with Gasteiger partial charge >= 0.3 is 0 Å². The predicted molar refractivity (Wildman–Crippen MR) is 242 cm³/mol. The molecule has 2 heterocycles. The summed E-state index contributed by atoms with van der Waals surface area (Å²) in [6, 6.07) is 66.3. The van der Waals surface area contributed by atoms with Gasteiger partial charge in [0.1, 0.15) is 8.07 Å². The molecule has 0 unspecified atom stereocenters. The van der Waals surface area contributed by atoms with Crippen molar-refractivity contribution in [1.82, 2.24) is 0 Å². The van der Waals surface area contributed by atoms with Gasteiger partial charge in [0.25, 0.3) is 0 Å². The van der Waals surface area contributed by atoms with Crippen LogP contribution in [0.5, 0.6) is 23.0 Å². The second kappa shape index (κ2) is 12.0. The van der Waals surface area contributed by atoms with Gasteiger partial charge in [0.15, 0.2) is 23.0 Å². The fraction of sp³-hybridized carbons (Fsp3) is 0.0370. The molecule has 2 aliphatic heterocycles. The molecule has 268 valence electrons. The Morgan fingerprint density at radius 1 is 0.316 bits per heavy atom. The highest BCUT2D eigenvalue weighted by molar-refractivity contribution is 7.03. The highest BCUT2D eigenvalue weighted by atomic mass is 28.3. The number of hydrogen-bond donors (Lipinski definition) is 0. The third kappa shape index (κ3) is 4.70. The van der Waals surface area contributed by atoms with E-state index in [1.54, 1.807) is 0 Å². The van der Waals surface area contributed by atoms with E-state index in [0.717, 1.165) is 55.7 Å². The highest BCUT2D eigenvalue weighted by Crippen LogP contribution is 2.53. The molecule has 0 aromatic heterocycles. The first-order valence-electron chi connectivity index (χ1n) is 19.8. The molecule has 10 aromatic carbocycles. The van der Waals surface area contributed by atoms with Gasteiger partial charge in [-0.3, -0.25) is 0 Å². The van der Waals surface area contributed by atoms with E-state index in [1.165, 1.54) is 65.3 Å². The van der Waals surface area contributed by atoms with Crippen LogP contribution < -0.4 is 19.8 Å². The number of rotatable bonds is 3. The van der Waals surface area contributed by atoms with Gasteiger partial charge < -0.3 is 9.47 Å². The average molecular weight is 745 g/mol. The van der Waals surface area contributed by atoms with Gasteiger partial charge in [-0.1, -0.05) is 183 Å². The van der Waals surface area contributed by atoms with Crippen LogP contribution in [0.15, 0.2) is 182 Å². The minimum atomic E-state index is -1.84. The van der Waals surface area contributed by atoms with Gasteiger partial charge in [-0.25, -0.2) is 0 Å². The first kappa shape index (κ1) is 32.3. The largest absolute Gasteiger partial charge is 0.449 e. The van der Waals surface area contributed by atoms with Crippen LogP contribution in [0.1, 0.15) is 0 Å². The molecule has 0 N–H and O–H groups in total. The van der Waals surface area contributed by atoms with Crippen LogP contribution in [0.25, 0.3) is 87.6 Å². The van der Waals surface area contributed by atoms with Crippen molar-refractivity contribution in [3.63, 3.8) is 0 Å². The topological polar surface area (TPSA) is 18.5 Å². The molecule has 12 rings (SSSR count). The number of benzene rings is 10. The smallest absolute Gasteiger partial charge is 0.178 e. The summed E-state index contributed by atoms with van der Waals surface area (Å²) < 4.78 is 13.3. The molecule has 0 aliphatic carbocycles. The van der Waals surface area contributed by atoms with Gasteiger partial charge in [-0.05, 0) is 99.3 Å². The summed E-state index contributed by atoms with van der Waals surface area (Å²) in [6.45, 7) is 5.00. The van der Waals surface area contributed by atoms with Crippen LogP contribution in [-0.4, -0.2) is 8.07 Å². The molecule has 0 radical (unpaired) electrons. The Morgan fingerprint density at radius 2 is 0.754 bits per heavy atom. The molecule has 10 aromatic rings. The number of fused-ring (bicyclic) bond motifs is 12. The summed E-state index contributed by atoms with van der Waals surface area (Å²) in [4.78, 5) is 0. The van der Waals surface area contributed by atoms with Crippen LogP contribution in [-0.2, 0) is 0 Å². The lowest BCUT2D eigenvalue weighted by atomic mass is 9.85. The zero-order valence-corrected chi connectivity index (χ0v) is 32.6. The van der Waals surface area contributed by atoms with Crippen LogP contribution in [0.3, 0.4) is 0 Å². The van der Waals surface area contributed by atoms with Gasteiger partial charge in [-0.15, -0.1) is 0 Å². The lowest BCUT2D eigenvalue weighted by Gasteiger charge is -2.24. The quantitative estimate of drug-likeness (QED) is 0.102. The van der Waals surface area contributed by atoms with Crippen LogP contribution >= 0.6 is 0 Å². The van der Waals surface area contributed by atoms with Crippen molar-refractivity contribution in [3.05, 3.63) is 182 Å². The Morgan fingerprint density at radius 3 is 1.37 bits per heavy atom. The molecule has 3 heteroatoms. The summed E-state index contributed by atoms with van der Waals surface area (Å²) in [7, 11) is -1.84. The Labute approximate surface area is 332 Å². The van der Waals surface area contributed by atoms with Gasteiger partial charge in [0, 0.05) is 10.8 Å². The van der Waals surface area contributed by atoms with Gasteiger partial charge in [0.05, 0.1) is 0 Å². The zero-order valence-electron chi connectivity index (χ0n) is 31.6. The summed E-state index contributed by atoms with van der Waals surface area (Å²) in [5.41, 5.74) is 10.1. The third-order valence-corrected chi connectivity index (χ3v) is 16.1. The fourth-order valence-electron chi connectivity index (χ4n) is 9.79. The molecular weight excluding hydrogens is 709 g/mol. The summed E-state index contributed by atoms with van der Waals surface area (Å²) in [5, 5.41) is 12.5. The molecule has 2 nitrogen and oxygen atoms in total. The summed E-state index contributed by atoms with van der Waals surface area (Å²) in [6.07, 6.45) is 0.